The molecule has 31 heavy (non-hydrogen) atoms. The van der Waals surface area contributed by atoms with Gasteiger partial charge in [0.25, 0.3) is 0 Å². The van der Waals surface area contributed by atoms with Crippen molar-refractivity contribution in [2.45, 2.75) is 33.0 Å². The van der Waals surface area contributed by atoms with Crippen molar-refractivity contribution in [2.75, 3.05) is 12.1 Å². The fraction of sp³-hybridized carbons (Fsp3) is 0.240. The number of aryl methyl sites for hydroxylation is 1. The monoisotopic (exact) mass is 418 g/mol. The number of carbonyl (C=O) groups excluding carboxylic acids is 1. The Balaban J connectivity index is 1.29. The molecule has 0 saturated heterocycles. The van der Waals surface area contributed by atoms with Crippen LogP contribution < -0.4 is 24.8 Å². The largest absolute Gasteiger partial charge is 0.489 e. The summed E-state index contributed by atoms with van der Waals surface area (Å²) in [4.78, 5) is 12.5. The minimum Gasteiger partial charge on any atom is -0.489 e. The Labute approximate surface area is 182 Å². The molecule has 160 valence electrons. The number of anilines is 1. The molecule has 1 atom stereocenters. The quantitative estimate of drug-likeness (QED) is 0.567. The van der Waals surface area contributed by atoms with Gasteiger partial charge < -0.3 is 24.8 Å². The van der Waals surface area contributed by atoms with Gasteiger partial charge in [-0.05, 0) is 49.2 Å². The van der Waals surface area contributed by atoms with Crippen molar-refractivity contribution in [2.24, 2.45) is 0 Å². The van der Waals surface area contributed by atoms with Crippen LogP contribution in [0.15, 0.2) is 66.7 Å². The highest BCUT2D eigenvalue weighted by Gasteiger charge is 2.14. The Morgan fingerprint density at radius 1 is 1.00 bits per heavy atom. The standard InChI is InChI=1S/C25H26N2O4/c1-17-6-8-19(9-7-17)14-26-25(28)18(2)27-21-5-3-4-20(12-21)15-29-22-10-11-23-24(13-22)31-16-30-23/h3-13,18,27H,14-16H2,1-2H3,(H,26,28). The van der Waals surface area contributed by atoms with E-state index in [1.165, 1.54) is 5.56 Å². The van der Waals surface area contributed by atoms with Gasteiger partial charge in [0.2, 0.25) is 12.7 Å². The Kier molecular flexibility index (Phi) is 6.26. The first-order chi connectivity index (χ1) is 15.1. The molecule has 1 aliphatic heterocycles. The van der Waals surface area contributed by atoms with Gasteiger partial charge in [-0.3, -0.25) is 4.79 Å². The number of hydrogen-bond acceptors (Lipinski definition) is 5. The van der Waals surface area contributed by atoms with Crippen LogP contribution in [0.2, 0.25) is 0 Å². The van der Waals surface area contributed by atoms with Gasteiger partial charge in [-0.15, -0.1) is 0 Å². The molecule has 1 aliphatic rings. The van der Waals surface area contributed by atoms with E-state index in [1.54, 1.807) is 0 Å². The van der Waals surface area contributed by atoms with Crippen molar-refractivity contribution in [1.82, 2.24) is 5.32 Å². The number of ether oxygens (including phenoxy) is 3. The van der Waals surface area contributed by atoms with Gasteiger partial charge in [-0.1, -0.05) is 42.0 Å². The van der Waals surface area contributed by atoms with Crippen molar-refractivity contribution < 1.29 is 19.0 Å². The van der Waals surface area contributed by atoms with Crippen molar-refractivity contribution in [3.63, 3.8) is 0 Å². The number of hydrogen-bond donors (Lipinski definition) is 2. The second-order valence-electron chi connectivity index (χ2n) is 7.57. The lowest BCUT2D eigenvalue weighted by molar-refractivity contribution is -0.121. The number of fused-ring (bicyclic) bond motifs is 1. The number of nitrogens with one attached hydrogen (secondary N) is 2. The average Bonchev–Trinajstić information content (AvgIpc) is 3.25. The summed E-state index contributed by atoms with van der Waals surface area (Å²) >= 11 is 0. The van der Waals surface area contributed by atoms with Crippen LogP contribution in [0.4, 0.5) is 5.69 Å². The van der Waals surface area contributed by atoms with Crippen molar-refractivity contribution in [3.05, 3.63) is 83.4 Å². The molecule has 0 radical (unpaired) electrons. The first kappa shape index (κ1) is 20.6. The summed E-state index contributed by atoms with van der Waals surface area (Å²) < 4.78 is 16.6. The van der Waals surface area contributed by atoms with Crippen LogP contribution in [0.3, 0.4) is 0 Å². The van der Waals surface area contributed by atoms with Gasteiger partial charge in [-0.2, -0.15) is 0 Å². The van der Waals surface area contributed by atoms with Crippen LogP contribution in [-0.2, 0) is 17.9 Å². The maximum Gasteiger partial charge on any atom is 0.242 e. The summed E-state index contributed by atoms with van der Waals surface area (Å²) in [6.07, 6.45) is 0. The molecule has 6 nitrogen and oxygen atoms in total. The molecule has 0 aliphatic carbocycles. The molecular weight excluding hydrogens is 392 g/mol. The Morgan fingerprint density at radius 3 is 2.65 bits per heavy atom. The molecule has 0 spiro atoms. The molecule has 0 saturated carbocycles. The van der Waals surface area contributed by atoms with E-state index in [9.17, 15) is 4.79 Å². The zero-order valence-electron chi connectivity index (χ0n) is 17.7. The van der Waals surface area contributed by atoms with Gasteiger partial charge in [0.05, 0.1) is 0 Å². The molecule has 3 aromatic carbocycles. The van der Waals surface area contributed by atoms with Crippen LogP contribution >= 0.6 is 0 Å². The number of amides is 1. The van der Waals surface area contributed by atoms with Crippen LogP contribution in [-0.4, -0.2) is 18.7 Å². The topological polar surface area (TPSA) is 68.8 Å². The smallest absolute Gasteiger partial charge is 0.242 e. The molecule has 0 aromatic heterocycles. The number of rotatable bonds is 8. The highest BCUT2D eigenvalue weighted by molar-refractivity contribution is 5.84. The summed E-state index contributed by atoms with van der Waals surface area (Å²) in [5, 5.41) is 6.23. The van der Waals surface area contributed by atoms with E-state index in [2.05, 4.69) is 10.6 Å². The third-order valence-corrected chi connectivity index (χ3v) is 5.04. The highest BCUT2D eigenvalue weighted by Crippen LogP contribution is 2.35. The molecule has 4 rings (SSSR count). The van der Waals surface area contributed by atoms with E-state index in [4.69, 9.17) is 14.2 Å². The maximum absolute atomic E-state index is 12.5. The summed E-state index contributed by atoms with van der Waals surface area (Å²) in [5.74, 6) is 2.08. The predicted octanol–water partition coefficient (Wildman–Crippen LogP) is 4.42. The predicted molar refractivity (Wildman–Crippen MR) is 119 cm³/mol. The lowest BCUT2D eigenvalue weighted by Crippen LogP contribution is -2.37. The average molecular weight is 418 g/mol. The van der Waals surface area contributed by atoms with Crippen molar-refractivity contribution >= 4 is 11.6 Å². The zero-order chi connectivity index (χ0) is 21.6. The van der Waals surface area contributed by atoms with E-state index < -0.39 is 0 Å². The van der Waals surface area contributed by atoms with E-state index in [0.717, 1.165) is 22.6 Å². The lowest BCUT2D eigenvalue weighted by Gasteiger charge is -2.16. The van der Waals surface area contributed by atoms with Crippen LogP contribution in [0.1, 0.15) is 23.6 Å². The van der Waals surface area contributed by atoms with Gasteiger partial charge >= 0.3 is 0 Å². The molecule has 1 heterocycles. The van der Waals surface area contributed by atoms with E-state index >= 15 is 0 Å². The second-order valence-corrected chi connectivity index (χ2v) is 7.57. The molecule has 0 bridgehead atoms. The first-order valence-corrected chi connectivity index (χ1v) is 10.3. The van der Waals surface area contributed by atoms with Gasteiger partial charge in [0.15, 0.2) is 11.5 Å². The SMILES string of the molecule is Cc1ccc(CNC(=O)C(C)Nc2cccc(COc3ccc4c(c3)OCO4)c2)cc1. The molecule has 1 unspecified atom stereocenters. The second kappa shape index (κ2) is 9.43. The lowest BCUT2D eigenvalue weighted by atomic mass is 10.1. The van der Waals surface area contributed by atoms with Crippen LogP contribution in [0, 0.1) is 6.92 Å². The van der Waals surface area contributed by atoms with Crippen molar-refractivity contribution in [1.29, 1.82) is 0 Å². The molecule has 6 heteroatoms. The third-order valence-electron chi connectivity index (χ3n) is 5.04. The van der Waals surface area contributed by atoms with Crippen LogP contribution in [0.25, 0.3) is 0 Å². The minimum atomic E-state index is -0.365. The van der Waals surface area contributed by atoms with Crippen LogP contribution in [0.5, 0.6) is 17.2 Å². The van der Waals surface area contributed by atoms with E-state index in [0.29, 0.717) is 24.7 Å². The number of carbonyl (C=O) groups is 1. The van der Waals surface area contributed by atoms with E-state index in [-0.39, 0.29) is 18.7 Å². The fourth-order valence-corrected chi connectivity index (χ4v) is 3.25. The third kappa shape index (κ3) is 5.48. The summed E-state index contributed by atoms with van der Waals surface area (Å²) in [6.45, 7) is 5.05. The van der Waals surface area contributed by atoms with Gasteiger partial charge in [0.1, 0.15) is 18.4 Å². The minimum absolute atomic E-state index is 0.0532. The molecule has 1 amide bonds. The van der Waals surface area contributed by atoms with Gasteiger partial charge in [0, 0.05) is 18.3 Å². The van der Waals surface area contributed by atoms with E-state index in [1.807, 2.05) is 80.6 Å². The summed E-state index contributed by atoms with van der Waals surface area (Å²) in [7, 11) is 0. The Morgan fingerprint density at radius 2 is 1.81 bits per heavy atom. The maximum atomic E-state index is 12.5. The Hall–Kier alpha value is -3.67. The first-order valence-electron chi connectivity index (χ1n) is 10.3. The van der Waals surface area contributed by atoms with Gasteiger partial charge in [-0.25, -0.2) is 0 Å². The highest BCUT2D eigenvalue weighted by atomic mass is 16.7. The summed E-state index contributed by atoms with van der Waals surface area (Å²) in [5.41, 5.74) is 4.14. The zero-order valence-corrected chi connectivity index (χ0v) is 17.7. The van der Waals surface area contributed by atoms with Crippen molar-refractivity contribution in [3.8, 4) is 17.2 Å². The molecular formula is C25H26N2O4. The number of benzene rings is 3. The molecule has 0 fully saturated rings. The Bertz CT molecular complexity index is 1050. The summed E-state index contributed by atoms with van der Waals surface area (Å²) in [6, 6.07) is 21.1. The normalized spacial score (nSPS) is 12.8. The molecule has 3 aromatic rings. The molecule has 2 N–H and O–H groups in total. The fourth-order valence-electron chi connectivity index (χ4n) is 3.25.